The van der Waals surface area contributed by atoms with Crippen molar-refractivity contribution in [3.63, 3.8) is 0 Å². The minimum atomic E-state index is -0.0633. The highest BCUT2D eigenvalue weighted by molar-refractivity contribution is 6.06. The number of carbonyl (C=O) groups excluding carboxylic acids is 1. The van der Waals surface area contributed by atoms with Crippen molar-refractivity contribution in [2.75, 3.05) is 20.3 Å². The number of ether oxygens (including phenoxy) is 2. The van der Waals surface area contributed by atoms with Crippen molar-refractivity contribution < 1.29 is 14.3 Å². The van der Waals surface area contributed by atoms with E-state index < -0.39 is 0 Å². The predicted molar refractivity (Wildman–Crippen MR) is 135 cm³/mol. The summed E-state index contributed by atoms with van der Waals surface area (Å²) in [7, 11) is 1.66. The van der Waals surface area contributed by atoms with Gasteiger partial charge in [-0.05, 0) is 31.9 Å². The highest BCUT2D eigenvalue weighted by Gasteiger charge is 2.27. The number of aryl methyl sites for hydroxylation is 1. The van der Waals surface area contributed by atoms with E-state index in [-0.39, 0.29) is 12.0 Å². The smallest absolute Gasteiger partial charge is 0.255 e. The van der Waals surface area contributed by atoms with Gasteiger partial charge in [-0.2, -0.15) is 5.10 Å². The Bertz CT molecular complexity index is 1310. The fraction of sp³-hybridized carbons (Fsp3) is 0.321. The molecule has 3 heterocycles. The number of pyridine rings is 1. The molecule has 180 valence electrons. The molecule has 1 aliphatic rings. The van der Waals surface area contributed by atoms with Gasteiger partial charge in [0.15, 0.2) is 5.65 Å². The first kappa shape index (κ1) is 23.1. The van der Waals surface area contributed by atoms with Crippen LogP contribution in [0.15, 0.2) is 66.9 Å². The number of para-hydroxylation sites is 1. The van der Waals surface area contributed by atoms with Gasteiger partial charge in [0.05, 0.1) is 36.1 Å². The van der Waals surface area contributed by atoms with Crippen LogP contribution in [0.1, 0.15) is 35.7 Å². The van der Waals surface area contributed by atoms with E-state index in [1.165, 1.54) is 0 Å². The molecule has 1 amide bonds. The first-order valence-electron chi connectivity index (χ1n) is 12.1. The Morgan fingerprint density at radius 2 is 1.97 bits per heavy atom. The third-order valence-corrected chi connectivity index (χ3v) is 6.50. The second-order valence-corrected chi connectivity index (χ2v) is 8.75. The molecular formula is C28H30N4O3. The van der Waals surface area contributed by atoms with Crippen molar-refractivity contribution in [3.05, 3.63) is 78.0 Å². The lowest BCUT2D eigenvalue weighted by Crippen LogP contribution is -2.37. The normalized spacial score (nSPS) is 15.4. The third-order valence-electron chi connectivity index (χ3n) is 6.50. The topological polar surface area (TPSA) is 69.5 Å². The van der Waals surface area contributed by atoms with Crippen LogP contribution in [0.2, 0.25) is 0 Å². The number of rotatable bonds is 8. The molecule has 7 heteroatoms. The van der Waals surface area contributed by atoms with E-state index >= 15 is 0 Å². The quantitative estimate of drug-likeness (QED) is 0.365. The van der Waals surface area contributed by atoms with Crippen LogP contribution < -0.4 is 4.74 Å². The van der Waals surface area contributed by atoms with Gasteiger partial charge in [-0.15, -0.1) is 0 Å². The summed E-state index contributed by atoms with van der Waals surface area (Å²) in [5, 5.41) is 5.26. The molecule has 2 aromatic carbocycles. The number of aromatic nitrogens is 3. The molecule has 1 atom stereocenters. The standard InChI is InChI=1S/C28H30N4O3/c1-3-32-27-24(17-29-32)23(16-25(30-27)20-10-5-4-6-11-20)28(33)31(19-22-13-9-15-35-22)18-21-12-7-8-14-26(21)34-2/h4-8,10-12,14,16-17,22H,3,9,13,15,18-19H2,1-2H3. The van der Waals surface area contributed by atoms with Gasteiger partial charge in [0.1, 0.15) is 5.75 Å². The van der Waals surface area contributed by atoms with E-state index in [0.717, 1.165) is 47.4 Å². The average molecular weight is 471 g/mol. The Hall–Kier alpha value is -3.71. The van der Waals surface area contributed by atoms with E-state index in [9.17, 15) is 4.79 Å². The van der Waals surface area contributed by atoms with Crippen LogP contribution in [0.4, 0.5) is 0 Å². The van der Waals surface area contributed by atoms with Gasteiger partial charge in [0.25, 0.3) is 5.91 Å². The zero-order chi connectivity index (χ0) is 24.2. The lowest BCUT2D eigenvalue weighted by molar-refractivity contribution is 0.0507. The molecule has 2 aromatic heterocycles. The van der Waals surface area contributed by atoms with Gasteiger partial charge in [-0.1, -0.05) is 48.5 Å². The van der Waals surface area contributed by atoms with Crippen LogP contribution in [0.3, 0.4) is 0 Å². The first-order valence-corrected chi connectivity index (χ1v) is 12.1. The number of hydrogen-bond acceptors (Lipinski definition) is 5. The molecule has 4 aromatic rings. The summed E-state index contributed by atoms with van der Waals surface area (Å²) in [6.07, 6.45) is 3.74. The van der Waals surface area contributed by atoms with Gasteiger partial charge in [0.2, 0.25) is 0 Å². The maximum atomic E-state index is 14.2. The van der Waals surface area contributed by atoms with Gasteiger partial charge in [0, 0.05) is 37.4 Å². The Morgan fingerprint density at radius 3 is 2.71 bits per heavy atom. The fourth-order valence-corrected chi connectivity index (χ4v) is 4.68. The second kappa shape index (κ2) is 10.3. The minimum absolute atomic E-state index is 0.0259. The second-order valence-electron chi connectivity index (χ2n) is 8.75. The van der Waals surface area contributed by atoms with Crippen LogP contribution in [-0.4, -0.2) is 51.9 Å². The molecule has 0 N–H and O–H groups in total. The molecule has 1 fully saturated rings. The van der Waals surface area contributed by atoms with Crippen molar-refractivity contribution >= 4 is 16.9 Å². The molecule has 1 aliphatic heterocycles. The number of benzene rings is 2. The fourth-order valence-electron chi connectivity index (χ4n) is 4.68. The third kappa shape index (κ3) is 4.77. The van der Waals surface area contributed by atoms with Crippen molar-refractivity contribution in [3.8, 4) is 17.0 Å². The van der Waals surface area contributed by atoms with E-state index in [4.69, 9.17) is 14.5 Å². The van der Waals surface area contributed by atoms with Crippen LogP contribution in [0, 0.1) is 0 Å². The summed E-state index contributed by atoms with van der Waals surface area (Å²) in [6, 6.07) is 19.7. The molecule has 0 bridgehead atoms. The molecular weight excluding hydrogens is 440 g/mol. The van der Waals surface area contributed by atoms with Crippen molar-refractivity contribution in [2.24, 2.45) is 0 Å². The maximum Gasteiger partial charge on any atom is 0.255 e. The zero-order valence-corrected chi connectivity index (χ0v) is 20.2. The predicted octanol–water partition coefficient (Wildman–Crippen LogP) is 4.95. The summed E-state index contributed by atoms with van der Waals surface area (Å²) in [4.78, 5) is 21.0. The number of nitrogens with zero attached hydrogens (tertiary/aromatic N) is 4. The maximum absolute atomic E-state index is 14.2. The van der Waals surface area contributed by atoms with Crippen LogP contribution >= 0.6 is 0 Å². The molecule has 5 rings (SSSR count). The van der Waals surface area contributed by atoms with Crippen LogP contribution in [-0.2, 0) is 17.8 Å². The number of fused-ring (bicyclic) bond motifs is 1. The molecule has 0 radical (unpaired) electrons. The van der Waals surface area contributed by atoms with Crippen LogP contribution in [0.25, 0.3) is 22.3 Å². The Balaban J connectivity index is 1.59. The van der Waals surface area contributed by atoms with E-state index in [1.54, 1.807) is 13.3 Å². The first-order chi connectivity index (χ1) is 17.2. The van der Waals surface area contributed by atoms with E-state index in [1.807, 2.05) is 77.2 Å². The Kier molecular flexibility index (Phi) is 6.77. The van der Waals surface area contributed by atoms with Gasteiger partial charge in [-0.25, -0.2) is 9.67 Å². The number of carbonyl (C=O) groups is 1. The molecule has 0 spiro atoms. The number of methoxy groups -OCH3 is 1. The summed E-state index contributed by atoms with van der Waals surface area (Å²) < 4.78 is 13.3. The molecule has 7 nitrogen and oxygen atoms in total. The van der Waals surface area contributed by atoms with Crippen molar-refractivity contribution in [2.45, 2.75) is 39.0 Å². The summed E-state index contributed by atoms with van der Waals surface area (Å²) >= 11 is 0. The van der Waals surface area contributed by atoms with Gasteiger partial charge < -0.3 is 14.4 Å². The summed E-state index contributed by atoms with van der Waals surface area (Å²) in [5.41, 5.74) is 3.99. The zero-order valence-electron chi connectivity index (χ0n) is 20.2. The number of amides is 1. The average Bonchev–Trinajstić information content (AvgIpc) is 3.58. The molecule has 0 saturated carbocycles. The molecule has 0 aliphatic carbocycles. The molecule has 1 saturated heterocycles. The molecule has 35 heavy (non-hydrogen) atoms. The lowest BCUT2D eigenvalue weighted by atomic mass is 10.0. The monoisotopic (exact) mass is 470 g/mol. The van der Waals surface area contributed by atoms with Crippen molar-refractivity contribution in [1.82, 2.24) is 19.7 Å². The molecule has 1 unspecified atom stereocenters. The van der Waals surface area contributed by atoms with E-state index in [0.29, 0.717) is 30.8 Å². The van der Waals surface area contributed by atoms with Gasteiger partial charge >= 0.3 is 0 Å². The highest BCUT2D eigenvalue weighted by Crippen LogP contribution is 2.28. The largest absolute Gasteiger partial charge is 0.496 e. The Morgan fingerprint density at radius 1 is 1.17 bits per heavy atom. The van der Waals surface area contributed by atoms with Crippen LogP contribution in [0.5, 0.6) is 5.75 Å². The van der Waals surface area contributed by atoms with E-state index in [2.05, 4.69) is 5.10 Å². The highest BCUT2D eigenvalue weighted by atomic mass is 16.5. The lowest BCUT2D eigenvalue weighted by Gasteiger charge is -2.27. The minimum Gasteiger partial charge on any atom is -0.496 e. The Labute approximate surface area is 205 Å². The SMILES string of the molecule is CCn1ncc2c(C(=O)N(Cc3ccccc3OC)CC3CCCO3)cc(-c3ccccc3)nc21. The van der Waals surface area contributed by atoms with Gasteiger partial charge in [-0.3, -0.25) is 4.79 Å². The number of hydrogen-bond donors (Lipinski definition) is 0. The summed E-state index contributed by atoms with van der Waals surface area (Å²) in [5.74, 6) is 0.702. The van der Waals surface area contributed by atoms with Crippen molar-refractivity contribution in [1.29, 1.82) is 0 Å². The summed E-state index contributed by atoms with van der Waals surface area (Å²) in [6.45, 7) is 4.38.